The molecule has 0 radical (unpaired) electrons. The fourth-order valence-corrected chi connectivity index (χ4v) is 5.93. The second kappa shape index (κ2) is 12.9. The molecule has 1 aliphatic carbocycles. The minimum absolute atomic E-state index is 0. The van der Waals surface area contributed by atoms with Gasteiger partial charge in [-0.15, -0.1) is 11.3 Å². The molecule has 0 unspecified atom stereocenters. The molecule has 2 heterocycles. The fraction of sp³-hybridized carbons (Fsp3) is 0.481. The Kier molecular flexibility index (Phi) is 10.4. The zero-order chi connectivity index (χ0) is 26.0. The van der Waals surface area contributed by atoms with Crippen LogP contribution < -0.4 is 40.0 Å². The number of carboxylic acid groups (broad SMARTS) is 1. The Balaban J connectivity index is 0.00000380. The van der Waals surface area contributed by atoms with Crippen LogP contribution in [-0.2, 0) is 16.0 Å². The predicted octanol–water partition coefficient (Wildman–Crippen LogP) is 2.79. The van der Waals surface area contributed by atoms with Gasteiger partial charge in [-0.1, -0.05) is 36.7 Å². The molecule has 1 N–H and O–H groups in total. The van der Waals surface area contributed by atoms with Crippen molar-refractivity contribution in [2.45, 2.75) is 78.1 Å². The van der Waals surface area contributed by atoms with Gasteiger partial charge in [-0.05, 0) is 75.5 Å². The number of nitrogens with zero attached hydrogens (tertiary/aromatic N) is 2. The minimum Gasteiger partial charge on any atom is -0.550 e. The Labute approximate surface area is 248 Å². The van der Waals surface area contributed by atoms with Gasteiger partial charge in [0.15, 0.2) is 10.8 Å². The Morgan fingerprint density at radius 2 is 2.00 bits per heavy atom. The van der Waals surface area contributed by atoms with Gasteiger partial charge in [0.1, 0.15) is 0 Å². The van der Waals surface area contributed by atoms with Crippen LogP contribution in [0.5, 0.6) is 0 Å². The molecule has 0 bridgehead atoms. The number of carboxylic acids is 1. The van der Waals surface area contributed by atoms with E-state index in [4.69, 9.17) is 21.1 Å². The van der Waals surface area contributed by atoms with Crippen LogP contribution in [0.4, 0.5) is 5.69 Å². The van der Waals surface area contributed by atoms with Gasteiger partial charge in [0.25, 0.3) is 0 Å². The molecular formula is C27H31ClN3NaO4S. The topological polar surface area (TPSA) is 108 Å². The quantitative estimate of drug-likeness (QED) is 0.367. The van der Waals surface area contributed by atoms with Gasteiger partial charge < -0.3 is 19.7 Å². The van der Waals surface area contributed by atoms with Crippen molar-refractivity contribution in [2.75, 3.05) is 5.32 Å². The van der Waals surface area contributed by atoms with Gasteiger partial charge in [-0.3, -0.25) is 4.79 Å². The summed E-state index contributed by atoms with van der Waals surface area (Å²) in [5, 5.41) is 19.8. The predicted molar refractivity (Wildman–Crippen MR) is 139 cm³/mol. The molecular weight excluding hydrogens is 521 g/mol. The summed E-state index contributed by atoms with van der Waals surface area (Å²) in [5.74, 6) is -0.418. The molecule has 1 fully saturated rings. The zero-order valence-corrected chi connectivity index (χ0v) is 25.6. The molecule has 0 spiro atoms. The number of aryl methyl sites for hydroxylation is 2. The molecule has 1 aliphatic rings. The maximum atomic E-state index is 13.0. The normalized spacial score (nSPS) is 13.9. The summed E-state index contributed by atoms with van der Waals surface area (Å²) in [6, 6.07) is 5.41. The summed E-state index contributed by atoms with van der Waals surface area (Å²) in [4.78, 5) is 30.3. The van der Waals surface area contributed by atoms with E-state index in [9.17, 15) is 14.7 Å². The van der Waals surface area contributed by atoms with E-state index in [1.165, 1.54) is 4.88 Å². The summed E-state index contributed by atoms with van der Waals surface area (Å²) in [6.07, 6.45) is 3.05. The number of nitrogens with one attached hydrogen (secondary N) is 1. The van der Waals surface area contributed by atoms with Crippen molar-refractivity contribution in [1.82, 2.24) is 10.1 Å². The molecule has 1 aromatic carbocycles. The van der Waals surface area contributed by atoms with Crippen LogP contribution in [-0.4, -0.2) is 22.0 Å². The number of rotatable bonds is 11. The largest absolute Gasteiger partial charge is 1.00 e. The van der Waals surface area contributed by atoms with Crippen molar-refractivity contribution < 1.29 is 48.8 Å². The van der Waals surface area contributed by atoms with Crippen molar-refractivity contribution in [3.63, 3.8) is 0 Å². The first kappa shape index (κ1) is 29.8. The van der Waals surface area contributed by atoms with Crippen molar-refractivity contribution in [1.29, 1.82) is 0 Å². The Morgan fingerprint density at radius 1 is 1.27 bits per heavy atom. The minimum atomic E-state index is -1.16. The van der Waals surface area contributed by atoms with E-state index in [2.05, 4.69) is 24.3 Å². The molecule has 0 saturated heterocycles. The number of benzene rings is 1. The van der Waals surface area contributed by atoms with Crippen LogP contribution in [0.15, 0.2) is 22.7 Å². The average Bonchev–Trinajstić information content (AvgIpc) is 3.44. The first-order valence-corrected chi connectivity index (χ1v) is 13.5. The van der Waals surface area contributed by atoms with Crippen LogP contribution >= 0.6 is 22.9 Å². The summed E-state index contributed by atoms with van der Waals surface area (Å²) in [7, 11) is 0. The van der Waals surface area contributed by atoms with Crippen LogP contribution in [0.25, 0.3) is 10.8 Å². The molecule has 37 heavy (non-hydrogen) atoms. The van der Waals surface area contributed by atoms with Crippen LogP contribution in [0.3, 0.4) is 0 Å². The molecule has 1 atom stereocenters. The summed E-state index contributed by atoms with van der Waals surface area (Å²) in [6.45, 7) is 8.29. The molecule has 0 aliphatic heterocycles. The van der Waals surface area contributed by atoms with E-state index in [-0.39, 0.29) is 60.6 Å². The molecule has 2 aromatic heterocycles. The molecule has 10 heteroatoms. The van der Waals surface area contributed by atoms with E-state index >= 15 is 0 Å². The van der Waals surface area contributed by atoms with Gasteiger partial charge in [0.2, 0.25) is 5.91 Å². The number of thiazole rings is 1. The zero-order valence-electron chi connectivity index (χ0n) is 22.0. The SMILES string of the molecule is Cc1ccc(NC(=O)C[C@H](CCC(=O)[O-])c2noc(-c3nc(C)c(CC(C)C)s3)c2C2CC2)c(Cl)c1.[Na+]. The number of halogens is 1. The van der Waals surface area contributed by atoms with E-state index in [0.29, 0.717) is 28.1 Å². The Bertz CT molecular complexity index is 1270. The number of hydrogen-bond acceptors (Lipinski definition) is 7. The third-order valence-electron chi connectivity index (χ3n) is 6.34. The van der Waals surface area contributed by atoms with E-state index in [1.807, 2.05) is 19.9 Å². The average molecular weight is 552 g/mol. The van der Waals surface area contributed by atoms with Crippen LogP contribution in [0, 0.1) is 19.8 Å². The van der Waals surface area contributed by atoms with Gasteiger partial charge in [0, 0.05) is 28.7 Å². The number of anilines is 1. The van der Waals surface area contributed by atoms with Crippen LogP contribution in [0.1, 0.15) is 85.2 Å². The number of carbonyl (C=O) groups is 2. The van der Waals surface area contributed by atoms with Crippen LogP contribution in [0.2, 0.25) is 5.02 Å². The monoisotopic (exact) mass is 551 g/mol. The number of aliphatic carboxylic acids is 1. The first-order chi connectivity index (χ1) is 17.1. The maximum absolute atomic E-state index is 13.0. The third kappa shape index (κ3) is 7.67. The molecule has 4 rings (SSSR count). The van der Waals surface area contributed by atoms with Gasteiger partial charge in [0.05, 0.1) is 22.1 Å². The summed E-state index contributed by atoms with van der Waals surface area (Å²) < 4.78 is 5.86. The number of amides is 1. The van der Waals surface area contributed by atoms with Crippen molar-refractivity contribution >= 4 is 40.5 Å². The summed E-state index contributed by atoms with van der Waals surface area (Å²) in [5.41, 5.74) is 4.11. The Morgan fingerprint density at radius 3 is 2.62 bits per heavy atom. The molecule has 7 nitrogen and oxygen atoms in total. The number of aromatic nitrogens is 2. The van der Waals surface area contributed by atoms with E-state index in [1.54, 1.807) is 23.5 Å². The van der Waals surface area contributed by atoms with E-state index < -0.39 is 11.9 Å². The van der Waals surface area contributed by atoms with Crippen molar-refractivity contribution in [3.05, 3.63) is 50.6 Å². The van der Waals surface area contributed by atoms with Gasteiger partial charge >= 0.3 is 29.6 Å². The van der Waals surface area contributed by atoms with Gasteiger partial charge in [-0.2, -0.15) is 0 Å². The number of carbonyl (C=O) groups excluding carboxylic acids is 2. The maximum Gasteiger partial charge on any atom is 1.00 e. The van der Waals surface area contributed by atoms with Gasteiger partial charge in [-0.25, -0.2) is 4.98 Å². The van der Waals surface area contributed by atoms with E-state index in [0.717, 1.165) is 41.1 Å². The molecule has 1 saturated carbocycles. The second-order valence-corrected chi connectivity index (χ2v) is 11.5. The van der Waals surface area contributed by atoms with Crippen molar-refractivity contribution in [3.8, 4) is 10.8 Å². The third-order valence-corrected chi connectivity index (χ3v) is 7.83. The summed E-state index contributed by atoms with van der Waals surface area (Å²) >= 11 is 7.91. The first-order valence-electron chi connectivity index (χ1n) is 12.3. The molecule has 1 amide bonds. The standard InChI is InChI=1S/C27H32ClN3O4S.Na/c1-14(2)11-21-16(4)29-27(36-21)26-24(17-6-7-17)25(31-35-26)18(8-10-23(33)34)13-22(32)30-20-9-5-15(3)12-19(20)28;/h5,9,12,14,17-18H,6-8,10-11,13H2,1-4H3,(H,30,32)(H,33,34);/q;+1/p-1/t18-;/m0./s1. The molecule has 192 valence electrons. The molecule has 3 aromatic rings. The smallest absolute Gasteiger partial charge is 0.550 e. The number of hydrogen-bond donors (Lipinski definition) is 1. The second-order valence-electron chi connectivity index (χ2n) is 10.1. The Hall–Kier alpha value is -1.71. The fourth-order valence-electron chi connectivity index (χ4n) is 4.38. The van der Waals surface area contributed by atoms with Crippen molar-refractivity contribution in [2.24, 2.45) is 5.92 Å².